The zero-order chi connectivity index (χ0) is 10.7. The molecule has 0 saturated carbocycles. The SMILES string of the molecule is [CH2]Oc1cccc([N+](=O)[O-])c1[N+](=O)[O-]. The van der Waals surface area contributed by atoms with Crippen LogP contribution >= 0.6 is 0 Å². The van der Waals surface area contributed by atoms with Gasteiger partial charge in [0, 0.05) is 6.07 Å². The third-order valence-corrected chi connectivity index (χ3v) is 1.51. The first-order valence-electron chi connectivity index (χ1n) is 3.41. The van der Waals surface area contributed by atoms with Crippen LogP contribution in [-0.2, 0) is 0 Å². The van der Waals surface area contributed by atoms with Crippen LogP contribution < -0.4 is 4.74 Å². The van der Waals surface area contributed by atoms with Gasteiger partial charge in [0.15, 0.2) is 0 Å². The number of hydrogen-bond acceptors (Lipinski definition) is 5. The molecule has 0 fully saturated rings. The third-order valence-electron chi connectivity index (χ3n) is 1.51. The summed E-state index contributed by atoms with van der Waals surface area (Å²) in [7, 11) is 2.97. The van der Waals surface area contributed by atoms with Crippen LogP contribution in [0, 0.1) is 27.3 Å². The fourth-order valence-corrected chi connectivity index (χ4v) is 0.958. The topological polar surface area (TPSA) is 95.5 Å². The Hall–Kier alpha value is -2.18. The van der Waals surface area contributed by atoms with Crippen molar-refractivity contribution in [1.29, 1.82) is 0 Å². The van der Waals surface area contributed by atoms with Gasteiger partial charge in [-0.3, -0.25) is 20.2 Å². The molecule has 0 unspecified atom stereocenters. The van der Waals surface area contributed by atoms with Crippen LogP contribution in [0.25, 0.3) is 0 Å². The molecule has 14 heavy (non-hydrogen) atoms. The van der Waals surface area contributed by atoms with Crippen molar-refractivity contribution in [2.45, 2.75) is 0 Å². The van der Waals surface area contributed by atoms with Gasteiger partial charge in [-0.25, -0.2) is 0 Å². The van der Waals surface area contributed by atoms with Gasteiger partial charge in [0.25, 0.3) is 0 Å². The van der Waals surface area contributed by atoms with Gasteiger partial charge in [-0.1, -0.05) is 6.07 Å². The van der Waals surface area contributed by atoms with Crippen molar-refractivity contribution >= 4 is 11.4 Å². The summed E-state index contributed by atoms with van der Waals surface area (Å²) in [5.74, 6) is -0.232. The fraction of sp³-hybridized carbons (Fsp3) is 0. The minimum absolute atomic E-state index is 0.232. The van der Waals surface area contributed by atoms with E-state index in [1.807, 2.05) is 0 Å². The van der Waals surface area contributed by atoms with E-state index in [1.54, 1.807) is 0 Å². The molecular weight excluding hydrogens is 192 g/mol. The molecule has 0 bridgehead atoms. The normalized spacial score (nSPS) is 9.50. The summed E-state index contributed by atoms with van der Waals surface area (Å²) in [5, 5.41) is 20.9. The molecule has 1 rings (SSSR count). The minimum atomic E-state index is -0.876. The van der Waals surface area contributed by atoms with Gasteiger partial charge >= 0.3 is 11.4 Å². The molecule has 0 saturated heterocycles. The van der Waals surface area contributed by atoms with Gasteiger partial charge in [0.05, 0.1) is 9.85 Å². The highest BCUT2D eigenvalue weighted by Crippen LogP contribution is 2.35. The predicted molar refractivity (Wildman–Crippen MR) is 45.7 cm³/mol. The summed E-state index contributed by atoms with van der Waals surface area (Å²) in [6.07, 6.45) is 0. The van der Waals surface area contributed by atoms with Crippen molar-refractivity contribution in [2.75, 3.05) is 0 Å². The van der Waals surface area contributed by atoms with Crippen molar-refractivity contribution in [3.05, 3.63) is 45.5 Å². The Balaban J connectivity index is 3.43. The number of rotatable bonds is 3. The summed E-state index contributed by atoms with van der Waals surface area (Å²) in [5.41, 5.74) is -1.30. The standard InChI is InChI=1S/C7H5N2O5/c1-14-6-4-2-3-5(8(10)11)7(6)9(12)13/h2-4H,1H2. The second-order valence-electron chi connectivity index (χ2n) is 2.28. The summed E-state index contributed by atoms with van der Waals surface area (Å²) >= 11 is 0. The van der Waals surface area contributed by atoms with Gasteiger partial charge in [-0.05, 0) is 6.07 Å². The van der Waals surface area contributed by atoms with Crippen molar-refractivity contribution in [3.8, 4) is 5.75 Å². The fourth-order valence-electron chi connectivity index (χ4n) is 0.958. The Morgan fingerprint density at radius 3 is 2.29 bits per heavy atom. The van der Waals surface area contributed by atoms with Crippen LogP contribution in [0.4, 0.5) is 11.4 Å². The average Bonchev–Trinajstić information content (AvgIpc) is 2.16. The third kappa shape index (κ3) is 1.60. The van der Waals surface area contributed by atoms with Crippen molar-refractivity contribution in [1.82, 2.24) is 0 Å². The average molecular weight is 197 g/mol. The van der Waals surface area contributed by atoms with E-state index in [0.29, 0.717) is 0 Å². The van der Waals surface area contributed by atoms with Crippen LogP contribution in [-0.4, -0.2) is 9.85 Å². The van der Waals surface area contributed by atoms with Crippen molar-refractivity contribution in [2.24, 2.45) is 0 Å². The van der Waals surface area contributed by atoms with E-state index >= 15 is 0 Å². The van der Waals surface area contributed by atoms with E-state index in [1.165, 1.54) is 12.1 Å². The highest BCUT2D eigenvalue weighted by Gasteiger charge is 2.28. The van der Waals surface area contributed by atoms with E-state index in [9.17, 15) is 20.2 Å². The molecule has 0 aliphatic rings. The largest absolute Gasteiger partial charge is 0.483 e. The van der Waals surface area contributed by atoms with E-state index in [0.717, 1.165) is 6.07 Å². The summed E-state index contributed by atoms with van der Waals surface area (Å²) in [6.45, 7) is 0. The lowest BCUT2D eigenvalue weighted by molar-refractivity contribution is -0.423. The summed E-state index contributed by atoms with van der Waals surface area (Å²) in [4.78, 5) is 19.2. The molecule has 1 aromatic rings. The molecule has 73 valence electrons. The van der Waals surface area contributed by atoms with Crippen LogP contribution in [0.5, 0.6) is 5.75 Å². The second kappa shape index (κ2) is 3.69. The first-order chi connectivity index (χ1) is 6.57. The van der Waals surface area contributed by atoms with E-state index < -0.39 is 21.2 Å². The first kappa shape index (κ1) is 9.90. The molecular formula is C7H5N2O5. The Morgan fingerprint density at radius 1 is 1.21 bits per heavy atom. The van der Waals surface area contributed by atoms with E-state index in [2.05, 4.69) is 11.8 Å². The zero-order valence-corrected chi connectivity index (χ0v) is 6.87. The highest BCUT2D eigenvalue weighted by molar-refractivity contribution is 5.61. The number of benzene rings is 1. The van der Waals surface area contributed by atoms with Gasteiger partial charge < -0.3 is 4.74 Å². The number of hydrogen-bond donors (Lipinski definition) is 0. The molecule has 0 heterocycles. The molecule has 0 atom stereocenters. The molecule has 0 N–H and O–H groups in total. The molecule has 0 spiro atoms. The van der Waals surface area contributed by atoms with Gasteiger partial charge in [-0.2, -0.15) is 0 Å². The molecule has 0 aromatic heterocycles. The lowest BCUT2D eigenvalue weighted by atomic mass is 10.2. The maximum atomic E-state index is 10.5. The Kier molecular flexibility index (Phi) is 2.61. The quantitative estimate of drug-likeness (QED) is 0.542. The molecule has 7 heteroatoms. The van der Waals surface area contributed by atoms with Gasteiger partial charge in [0.1, 0.15) is 7.11 Å². The van der Waals surface area contributed by atoms with Crippen molar-refractivity contribution in [3.63, 3.8) is 0 Å². The number of ether oxygens (including phenoxy) is 1. The predicted octanol–water partition coefficient (Wildman–Crippen LogP) is 1.67. The maximum absolute atomic E-state index is 10.5. The van der Waals surface area contributed by atoms with E-state index in [4.69, 9.17) is 0 Å². The summed E-state index contributed by atoms with van der Waals surface area (Å²) < 4.78 is 4.40. The molecule has 7 nitrogen and oxygen atoms in total. The molecule has 0 aliphatic carbocycles. The maximum Gasteiger partial charge on any atom is 0.387 e. The summed E-state index contributed by atoms with van der Waals surface area (Å²) in [6, 6.07) is 3.55. The number of nitro groups is 2. The van der Waals surface area contributed by atoms with E-state index in [-0.39, 0.29) is 5.75 Å². The second-order valence-corrected chi connectivity index (χ2v) is 2.28. The lowest BCUT2D eigenvalue weighted by Gasteiger charge is -2.00. The molecule has 1 aromatic carbocycles. The smallest absolute Gasteiger partial charge is 0.387 e. The number of nitro benzene ring substituents is 2. The first-order valence-corrected chi connectivity index (χ1v) is 3.41. The van der Waals surface area contributed by atoms with Gasteiger partial charge in [0.2, 0.25) is 5.75 Å². The lowest BCUT2D eigenvalue weighted by Crippen LogP contribution is -1.98. The Morgan fingerprint density at radius 2 is 1.86 bits per heavy atom. The Labute approximate surface area is 78.2 Å². The molecule has 0 aliphatic heterocycles. The minimum Gasteiger partial charge on any atom is -0.483 e. The van der Waals surface area contributed by atoms with Crippen LogP contribution in [0.15, 0.2) is 18.2 Å². The zero-order valence-electron chi connectivity index (χ0n) is 6.87. The monoisotopic (exact) mass is 197 g/mol. The molecule has 1 radical (unpaired) electrons. The van der Waals surface area contributed by atoms with Crippen LogP contribution in [0.1, 0.15) is 0 Å². The number of para-hydroxylation sites is 1. The van der Waals surface area contributed by atoms with Crippen LogP contribution in [0.2, 0.25) is 0 Å². The van der Waals surface area contributed by atoms with Gasteiger partial charge in [-0.15, -0.1) is 0 Å². The van der Waals surface area contributed by atoms with Crippen LogP contribution in [0.3, 0.4) is 0 Å². The highest BCUT2D eigenvalue weighted by atomic mass is 16.6. The number of nitrogens with zero attached hydrogens (tertiary/aromatic N) is 2. The van der Waals surface area contributed by atoms with Crippen molar-refractivity contribution < 1.29 is 14.6 Å². The molecule has 0 amide bonds. The Bertz CT molecular complexity index is 390.